The largest absolute Gasteiger partial charge is 0.497 e. The Labute approximate surface area is 187 Å². The lowest BCUT2D eigenvalue weighted by molar-refractivity contribution is -0.123. The predicted octanol–water partition coefficient (Wildman–Crippen LogP) is 3.32. The molecule has 0 saturated carbocycles. The number of carbonyl (C=O) groups is 2. The minimum Gasteiger partial charge on any atom is -0.497 e. The summed E-state index contributed by atoms with van der Waals surface area (Å²) in [5.74, 6) is 0.942. The van der Waals surface area contributed by atoms with Crippen LogP contribution in [0, 0.1) is 0 Å². The van der Waals surface area contributed by atoms with Crippen molar-refractivity contribution in [1.29, 1.82) is 0 Å². The molecule has 2 amide bonds. The molecule has 0 fully saturated rings. The number of carbonyl (C=O) groups excluding carboxylic acids is 2. The molecular formula is C23H27N3O4S. The number of methoxy groups -OCH3 is 1. The van der Waals surface area contributed by atoms with Gasteiger partial charge in [0.15, 0.2) is 11.7 Å². The molecule has 8 heteroatoms. The molecule has 0 bridgehead atoms. The number of thiocarbonyl (C=S) groups is 1. The van der Waals surface area contributed by atoms with Crippen LogP contribution in [0.25, 0.3) is 6.08 Å². The van der Waals surface area contributed by atoms with Crippen molar-refractivity contribution in [2.45, 2.75) is 26.2 Å². The summed E-state index contributed by atoms with van der Waals surface area (Å²) in [6.45, 7) is 4.10. The van der Waals surface area contributed by atoms with Crippen LogP contribution in [-0.4, -0.2) is 30.6 Å². The summed E-state index contributed by atoms with van der Waals surface area (Å²) >= 11 is 4.99. The van der Waals surface area contributed by atoms with Gasteiger partial charge in [-0.2, -0.15) is 0 Å². The first-order valence-corrected chi connectivity index (χ1v) is 10.3. The number of hydrazine groups is 1. The minimum absolute atomic E-state index is 0.0318. The molecule has 0 radical (unpaired) electrons. The zero-order chi connectivity index (χ0) is 22.6. The zero-order valence-corrected chi connectivity index (χ0v) is 18.6. The van der Waals surface area contributed by atoms with Gasteiger partial charge >= 0.3 is 0 Å². The summed E-state index contributed by atoms with van der Waals surface area (Å²) in [7, 11) is 1.59. The minimum atomic E-state index is -0.434. The first-order valence-electron chi connectivity index (χ1n) is 9.86. The van der Waals surface area contributed by atoms with Gasteiger partial charge in [-0.1, -0.05) is 38.1 Å². The van der Waals surface area contributed by atoms with Crippen molar-refractivity contribution in [3.8, 4) is 11.5 Å². The summed E-state index contributed by atoms with van der Waals surface area (Å²) in [6, 6.07) is 14.9. The Kier molecular flexibility index (Phi) is 9.51. The molecule has 0 aromatic heterocycles. The molecule has 0 heterocycles. The lowest BCUT2D eigenvalue weighted by Crippen LogP contribution is -2.49. The fourth-order valence-electron chi connectivity index (χ4n) is 2.51. The Hall–Kier alpha value is -3.39. The Bertz CT molecular complexity index is 911. The molecule has 1 atom stereocenters. The average molecular weight is 442 g/mol. The molecule has 0 aliphatic carbocycles. The fourth-order valence-corrected chi connectivity index (χ4v) is 2.66. The van der Waals surface area contributed by atoms with Gasteiger partial charge in [-0.3, -0.25) is 25.8 Å². The standard InChI is InChI=1S/C23H27N3O4S/c1-4-16(2)18-8-12-20(13-9-18)30-15-22(28)25-26-23(31)24-21(27)14-7-17-5-10-19(29-3)11-6-17/h5-14,16H,4,15H2,1-3H3,(H,25,28)(H2,24,26,27,31)/b14-7+. The van der Waals surface area contributed by atoms with Crippen LogP contribution >= 0.6 is 12.2 Å². The number of amides is 2. The van der Waals surface area contributed by atoms with Crippen molar-refractivity contribution in [1.82, 2.24) is 16.2 Å². The molecule has 164 valence electrons. The number of ether oxygens (including phenoxy) is 2. The number of hydrogen-bond donors (Lipinski definition) is 3. The second kappa shape index (κ2) is 12.3. The van der Waals surface area contributed by atoms with E-state index in [4.69, 9.17) is 21.7 Å². The molecule has 2 aromatic carbocycles. The summed E-state index contributed by atoms with van der Waals surface area (Å²) in [5, 5.41) is 2.41. The van der Waals surface area contributed by atoms with Gasteiger partial charge in [0.1, 0.15) is 11.5 Å². The molecule has 0 spiro atoms. The van der Waals surface area contributed by atoms with Gasteiger partial charge in [0.2, 0.25) is 5.91 Å². The van der Waals surface area contributed by atoms with Crippen LogP contribution in [0.15, 0.2) is 54.6 Å². The van der Waals surface area contributed by atoms with Crippen molar-refractivity contribution >= 4 is 35.2 Å². The first-order chi connectivity index (χ1) is 14.9. The molecule has 2 aromatic rings. The van der Waals surface area contributed by atoms with Crippen LogP contribution < -0.4 is 25.6 Å². The lowest BCUT2D eigenvalue weighted by atomic mass is 9.99. The Morgan fingerprint density at radius 3 is 2.29 bits per heavy atom. The molecule has 7 nitrogen and oxygen atoms in total. The highest BCUT2D eigenvalue weighted by molar-refractivity contribution is 7.80. The van der Waals surface area contributed by atoms with Crippen molar-refractivity contribution in [3.63, 3.8) is 0 Å². The van der Waals surface area contributed by atoms with Gasteiger partial charge in [-0.15, -0.1) is 0 Å². The van der Waals surface area contributed by atoms with Crippen molar-refractivity contribution in [2.75, 3.05) is 13.7 Å². The van der Waals surface area contributed by atoms with E-state index in [9.17, 15) is 9.59 Å². The number of hydrogen-bond acceptors (Lipinski definition) is 5. The van der Waals surface area contributed by atoms with Gasteiger partial charge in [-0.05, 0) is 66.0 Å². The lowest BCUT2D eigenvalue weighted by Gasteiger charge is -2.12. The van der Waals surface area contributed by atoms with E-state index in [-0.39, 0.29) is 11.7 Å². The van der Waals surface area contributed by atoms with E-state index in [2.05, 4.69) is 30.0 Å². The molecule has 31 heavy (non-hydrogen) atoms. The topological polar surface area (TPSA) is 88.7 Å². The van der Waals surface area contributed by atoms with E-state index in [1.54, 1.807) is 25.3 Å². The van der Waals surface area contributed by atoms with Crippen molar-refractivity contribution in [2.24, 2.45) is 0 Å². The number of nitrogens with one attached hydrogen (secondary N) is 3. The third-order valence-electron chi connectivity index (χ3n) is 4.53. The monoisotopic (exact) mass is 441 g/mol. The third kappa shape index (κ3) is 8.47. The highest BCUT2D eigenvalue weighted by Gasteiger charge is 2.06. The maximum atomic E-state index is 11.9. The summed E-state index contributed by atoms with van der Waals surface area (Å²) in [4.78, 5) is 23.8. The SMILES string of the molecule is CCC(C)c1ccc(OCC(=O)NNC(=S)NC(=O)/C=C/c2ccc(OC)cc2)cc1. The first kappa shape index (κ1) is 23.9. The normalized spacial score (nSPS) is 11.5. The Balaban J connectivity index is 1.69. The van der Waals surface area contributed by atoms with Gasteiger partial charge in [0, 0.05) is 6.08 Å². The molecule has 1 unspecified atom stereocenters. The summed E-state index contributed by atoms with van der Waals surface area (Å²) in [5.41, 5.74) is 6.90. The van der Waals surface area contributed by atoms with Crippen LogP contribution in [0.2, 0.25) is 0 Å². The van der Waals surface area contributed by atoms with Crippen LogP contribution in [0.4, 0.5) is 0 Å². The van der Waals surface area contributed by atoms with E-state index in [0.717, 1.165) is 17.7 Å². The number of rotatable bonds is 8. The molecule has 3 N–H and O–H groups in total. The van der Waals surface area contributed by atoms with Crippen molar-refractivity contribution in [3.05, 3.63) is 65.7 Å². The van der Waals surface area contributed by atoms with Crippen LogP contribution in [-0.2, 0) is 9.59 Å². The van der Waals surface area contributed by atoms with E-state index >= 15 is 0 Å². The molecule has 0 aliphatic heterocycles. The highest BCUT2D eigenvalue weighted by atomic mass is 32.1. The fraction of sp³-hybridized carbons (Fsp3) is 0.261. The molecular weight excluding hydrogens is 414 g/mol. The van der Waals surface area contributed by atoms with Crippen LogP contribution in [0.5, 0.6) is 11.5 Å². The van der Waals surface area contributed by atoms with E-state index in [1.165, 1.54) is 11.6 Å². The third-order valence-corrected chi connectivity index (χ3v) is 4.73. The van der Waals surface area contributed by atoms with Gasteiger partial charge in [0.05, 0.1) is 7.11 Å². The van der Waals surface area contributed by atoms with Crippen molar-refractivity contribution < 1.29 is 19.1 Å². The van der Waals surface area contributed by atoms with Gasteiger partial charge in [0.25, 0.3) is 5.91 Å². The maximum Gasteiger partial charge on any atom is 0.276 e. The predicted molar refractivity (Wildman–Crippen MR) is 125 cm³/mol. The number of benzene rings is 2. The zero-order valence-electron chi connectivity index (χ0n) is 17.8. The quantitative estimate of drug-likeness (QED) is 0.331. The molecule has 2 rings (SSSR count). The van der Waals surface area contributed by atoms with E-state index in [0.29, 0.717) is 11.7 Å². The van der Waals surface area contributed by atoms with Gasteiger partial charge < -0.3 is 9.47 Å². The van der Waals surface area contributed by atoms with E-state index in [1.807, 2.05) is 36.4 Å². The second-order valence-corrected chi connectivity index (χ2v) is 7.17. The Morgan fingerprint density at radius 2 is 1.68 bits per heavy atom. The Morgan fingerprint density at radius 1 is 1.03 bits per heavy atom. The van der Waals surface area contributed by atoms with Gasteiger partial charge in [-0.25, -0.2) is 0 Å². The summed E-state index contributed by atoms with van der Waals surface area (Å²) < 4.78 is 10.5. The summed E-state index contributed by atoms with van der Waals surface area (Å²) in [6.07, 6.45) is 4.03. The molecule has 0 saturated heterocycles. The average Bonchev–Trinajstić information content (AvgIpc) is 2.80. The van der Waals surface area contributed by atoms with Crippen LogP contribution in [0.1, 0.15) is 37.3 Å². The highest BCUT2D eigenvalue weighted by Crippen LogP contribution is 2.21. The van der Waals surface area contributed by atoms with E-state index < -0.39 is 11.8 Å². The molecule has 0 aliphatic rings. The van der Waals surface area contributed by atoms with Crippen LogP contribution in [0.3, 0.4) is 0 Å². The second-order valence-electron chi connectivity index (χ2n) is 6.77. The maximum absolute atomic E-state index is 11.9. The smallest absolute Gasteiger partial charge is 0.276 e.